The van der Waals surface area contributed by atoms with Crippen molar-refractivity contribution in [3.8, 4) is 0 Å². The number of hydrogen-bond acceptors (Lipinski definition) is 0. The van der Waals surface area contributed by atoms with Gasteiger partial charge in [0.05, 0.1) is 0 Å². The average molecular weight is 161 g/mol. The minimum absolute atomic E-state index is 0.704. The van der Waals surface area contributed by atoms with Gasteiger partial charge in [0.2, 0.25) is 0 Å². The highest BCUT2D eigenvalue weighted by molar-refractivity contribution is 5.49. The van der Waals surface area contributed by atoms with Crippen LogP contribution in [0.5, 0.6) is 0 Å². The lowest BCUT2D eigenvalue weighted by Crippen LogP contribution is -1.95. The van der Waals surface area contributed by atoms with Crippen molar-refractivity contribution in [2.24, 2.45) is 5.92 Å². The summed E-state index contributed by atoms with van der Waals surface area (Å²) in [5.74, 6) is 0.704. The molecule has 1 radical (unpaired) electrons. The van der Waals surface area contributed by atoms with E-state index in [0.29, 0.717) is 5.92 Å². The Morgan fingerprint density at radius 2 is 1.75 bits per heavy atom. The van der Waals surface area contributed by atoms with Gasteiger partial charge in [-0.1, -0.05) is 31.1 Å². The fourth-order valence-corrected chi connectivity index (χ4v) is 2.06. The molecular weight excluding hydrogens is 144 g/mol. The number of allylic oxidation sites excluding steroid dienone is 4. The molecule has 0 nitrogen and oxygen atoms in total. The third kappa shape index (κ3) is 1.35. The van der Waals surface area contributed by atoms with Gasteiger partial charge in [-0.15, -0.1) is 0 Å². The lowest BCUT2D eigenvalue weighted by atomic mass is 9.93. The van der Waals surface area contributed by atoms with Gasteiger partial charge >= 0.3 is 0 Å². The summed E-state index contributed by atoms with van der Waals surface area (Å²) in [6.07, 6.45) is 10.3. The monoisotopic (exact) mass is 161 g/mol. The lowest BCUT2D eigenvalue weighted by Gasteiger charge is -2.12. The van der Waals surface area contributed by atoms with Gasteiger partial charge in [-0.25, -0.2) is 0 Å². The van der Waals surface area contributed by atoms with Gasteiger partial charge in [0.25, 0.3) is 0 Å². The zero-order valence-corrected chi connectivity index (χ0v) is 8.06. The Bertz CT molecular complexity index is 241. The maximum absolute atomic E-state index is 2.42. The fraction of sp³-hybridized carbons (Fsp3) is 0.583. The van der Waals surface area contributed by atoms with Gasteiger partial charge in [0, 0.05) is 6.42 Å². The lowest BCUT2D eigenvalue weighted by molar-refractivity contribution is 0.692. The maximum atomic E-state index is 2.42. The summed E-state index contributed by atoms with van der Waals surface area (Å²) in [6.45, 7) is 4.56. The molecule has 0 bridgehead atoms. The summed E-state index contributed by atoms with van der Waals surface area (Å²) in [4.78, 5) is 0. The Morgan fingerprint density at radius 3 is 2.33 bits per heavy atom. The van der Waals surface area contributed by atoms with Crippen LogP contribution in [0.1, 0.15) is 39.5 Å². The van der Waals surface area contributed by atoms with Crippen LogP contribution in [0.2, 0.25) is 0 Å². The van der Waals surface area contributed by atoms with Crippen LogP contribution in [0.3, 0.4) is 0 Å². The van der Waals surface area contributed by atoms with Crippen molar-refractivity contribution in [3.05, 3.63) is 29.2 Å². The Balaban J connectivity index is 2.13. The van der Waals surface area contributed by atoms with Crippen molar-refractivity contribution in [2.75, 3.05) is 0 Å². The first kappa shape index (κ1) is 8.10. The molecule has 0 heteroatoms. The molecule has 0 aromatic rings. The van der Waals surface area contributed by atoms with E-state index in [9.17, 15) is 0 Å². The van der Waals surface area contributed by atoms with Gasteiger partial charge in [0.1, 0.15) is 0 Å². The molecule has 0 unspecified atom stereocenters. The van der Waals surface area contributed by atoms with E-state index in [4.69, 9.17) is 0 Å². The van der Waals surface area contributed by atoms with Crippen molar-refractivity contribution < 1.29 is 0 Å². The zero-order valence-electron chi connectivity index (χ0n) is 8.06. The van der Waals surface area contributed by atoms with Crippen LogP contribution < -0.4 is 0 Å². The van der Waals surface area contributed by atoms with Gasteiger partial charge in [0.15, 0.2) is 0 Å². The Hall–Kier alpha value is -0.520. The Morgan fingerprint density at radius 1 is 1.08 bits per heavy atom. The topological polar surface area (TPSA) is 0 Å². The normalized spacial score (nSPS) is 23.1. The van der Waals surface area contributed by atoms with Crippen LogP contribution in [0.4, 0.5) is 0 Å². The minimum atomic E-state index is 0.704. The second-order valence-electron chi connectivity index (χ2n) is 4.20. The predicted octanol–water partition coefficient (Wildman–Crippen LogP) is 3.66. The maximum Gasteiger partial charge on any atom is 0.0122 e. The molecule has 0 aliphatic heterocycles. The summed E-state index contributed by atoms with van der Waals surface area (Å²) >= 11 is 0. The first-order chi connectivity index (χ1) is 5.77. The van der Waals surface area contributed by atoms with E-state index < -0.39 is 0 Å². The standard InChI is InChI=1S/C12H17/c1-9(2)12-7-10-5-3-4-6-11(10)8-12/h7-9H,3-6H2,1-2H3. The molecule has 0 saturated carbocycles. The quantitative estimate of drug-likeness (QED) is 0.550. The van der Waals surface area contributed by atoms with Crippen molar-refractivity contribution >= 4 is 0 Å². The molecule has 0 atom stereocenters. The molecule has 0 spiro atoms. The van der Waals surface area contributed by atoms with Crippen molar-refractivity contribution in [1.82, 2.24) is 0 Å². The van der Waals surface area contributed by atoms with Gasteiger partial charge < -0.3 is 0 Å². The van der Waals surface area contributed by atoms with E-state index in [1.54, 1.807) is 16.7 Å². The molecule has 0 aromatic carbocycles. The summed E-state index contributed by atoms with van der Waals surface area (Å²) < 4.78 is 0. The first-order valence-corrected chi connectivity index (χ1v) is 5.06. The SMILES string of the molecule is CC(C)C1=CC2=C([CH]1)CCCC2. The van der Waals surface area contributed by atoms with Crippen LogP contribution in [-0.4, -0.2) is 0 Å². The highest BCUT2D eigenvalue weighted by atomic mass is 14.2. The average Bonchev–Trinajstić information content (AvgIpc) is 2.46. The highest BCUT2D eigenvalue weighted by Crippen LogP contribution is 2.37. The van der Waals surface area contributed by atoms with E-state index in [2.05, 4.69) is 26.3 Å². The molecular formula is C12H17. The van der Waals surface area contributed by atoms with Crippen LogP contribution in [0, 0.1) is 12.3 Å². The summed E-state index contributed by atoms with van der Waals surface area (Å²) in [6, 6.07) is 0. The van der Waals surface area contributed by atoms with Gasteiger partial charge in [-0.3, -0.25) is 0 Å². The van der Waals surface area contributed by atoms with E-state index >= 15 is 0 Å². The third-order valence-electron chi connectivity index (χ3n) is 2.90. The van der Waals surface area contributed by atoms with Crippen molar-refractivity contribution in [2.45, 2.75) is 39.5 Å². The zero-order chi connectivity index (χ0) is 8.55. The summed E-state index contributed by atoms with van der Waals surface area (Å²) in [5.41, 5.74) is 4.80. The van der Waals surface area contributed by atoms with E-state index in [-0.39, 0.29) is 0 Å². The van der Waals surface area contributed by atoms with Gasteiger partial charge in [-0.2, -0.15) is 0 Å². The first-order valence-electron chi connectivity index (χ1n) is 5.06. The Kier molecular flexibility index (Phi) is 2.08. The molecule has 2 aliphatic carbocycles. The highest BCUT2D eigenvalue weighted by Gasteiger charge is 2.20. The van der Waals surface area contributed by atoms with Crippen LogP contribution in [-0.2, 0) is 0 Å². The van der Waals surface area contributed by atoms with Crippen molar-refractivity contribution in [1.29, 1.82) is 0 Å². The Labute approximate surface area is 75.4 Å². The molecule has 0 N–H and O–H groups in total. The second-order valence-corrected chi connectivity index (χ2v) is 4.20. The molecule has 0 aromatic heterocycles. The smallest absolute Gasteiger partial charge is 0.0122 e. The molecule has 12 heavy (non-hydrogen) atoms. The van der Waals surface area contributed by atoms with Crippen molar-refractivity contribution in [3.63, 3.8) is 0 Å². The molecule has 2 aliphatic rings. The summed E-state index contributed by atoms with van der Waals surface area (Å²) in [7, 11) is 0. The molecule has 0 fully saturated rings. The molecule has 2 rings (SSSR count). The summed E-state index contributed by atoms with van der Waals surface area (Å²) in [5, 5.41) is 0. The minimum Gasteiger partial charge on any atom is -0.0593 e. The van der Waals surface area contributed by atoms with E-state index in [1.807, 2.05) is 0 Å². The number of rotatable bonds is 1. The molecule has 0 heterocycles. The number of hydrogen-bond donors (Lipinski definition) is 0. The molecule has 65 valence electrons. The van der Waals surface area contributed by atoms with Crippen LogP contribution in [0.15, 0.2) is 22.8 Å². The predicted molar refractivity (Wildman–Crippen MR) is 52.7 cm³/mol. The molecule has 0 saturated heterocycles. The van der Waals surface area contributed by atoms with E-state index in [0.717, 1.165) is 0 Å². The third-order valence-corrected chi connectivity index (χ3v) is 2.90. The van der Waals surface area contributed by atoms with Crippen LogP contribution in [0.25, 0.3) is 0 Å². The van der Waals surface area contributed by atoms with Gasteiger partial charge in [-0.05, 0) is 37.2 Å². The largest absolute Gasteiger partial charge is 0.0593 e. The van der Waals surface area contributed by atoms with E-state index in [1.165, 1.54) is 25.7 Å². The van der Waals surface area contributed by atoms with Crippen LogP contribution >= 0.6 is 0 Å². The fourth-order valence-electron chi connectivity index (χ4n) is 2.06. The second kappa shape index (κ2) is 3.08. The molecule has 0 amide bonds.